The molecule has 0 aromatic carbocycles. The maximum Gasteiger partial charge on any atom is 0.230 e. The average molecular weight is 309 g/mol. The number of rotatable bonds is 5. The van der Waals surface area contributed by atoms with E-state index >= 15 is 0 Å². The van der Waals surface area contributed by atoms with Gasteiger partial charge in [-0.1, -0.05) is 31.0 Å². The normalized spacial score (nSPS) is 16.4. The Morgan fingerprint density at radius 3 is 2.62 bits per heavy atom. The third kappa shape index (κ3) is 4.25. The maximum absolute atomic E-state index is 11.8. The third-order valence-corrected chi connectivity index (χ3v) is 5.03. The highest BCUT2D eigenvalue weighted by molar-refractivity contribution is 7.99. The van der Waals surface area contributed by atoms with Gasteiger partial charge in [0.1, 0.15) is 0 Å². The quantitative estimate of drug-likeness (QED) is 0.845. The Kier molecular flexibility index (Phi) is 5.73. The van der Waals surface area contributed by atoms with Crippen LogP contribution < -0.4 is 5.32 Å². The van der Waals surface area contributed by atoms with Gasteiger partial charge in [-0.25, -0.2) is 4.98 Å². The lowest BCUT2D eigenvalue weighted by molar-refractivity contribution is -0.119. The smallest absolute Gasteiger partial charge is 0.230 e. The van der Waals surface area contributed by atoms with Crippen LogP contribution in [0.2, 0.25) is 0 Å². The minimum atomic E-state index is 0.0866. The highest BCUT2D eigenvalue weighted by Gasteiger charge is 2.22. The number of nitrogens with zero attached hydrogens (tertiary/aromatic N) is 2. The molecule has 5 heteroatoms. The second-order valence-corrected chi connectivity index (χ2v) is 7.18. The van der Waals surface area contributed by atoms with Crippen molar-refractivity contribution in [1.29, 1.82) is 0 Å². The van der Waals surface area contributed by atoms with Crippen LogP contribution in [-0.4, -0.2) is 27.3 Å². The molecule has 1 aliphatic rings. The summed E-state index contributed by atoms with van der Waals surface area (Å²) in [5.41, 5.74) is 2.35. The topological polar surface area (TPSA) is 46.9 Å². The molecule has 1 saturated carbocycles. The van der Waals surface area contributed by atoms with Gasteiger partial charge in [0.25, 0.3) is 0 Å². The predicted octanol–water partition coefficient (Wildman–Crippen LogP) is 3.62. The number of hydrogen-bond donors (Lipinski definition) is 1. The van der Waals surface area contributed by atoms with Crippen molar-refractivity contribution in [3.8, 4) is 0 Å². The molecule has 1 N–H and O–H groups in total. The molecular formula is C16H27N3OS. The van der Waals surface area contributed by atoms with Crippen LogP contribution in [0.1, 0.15) is 63.4 Å². The van der Waals surface area contributed by atoms with Gasteiger partial charge in [-0.2, -0.15) is 0 Å². The van der Waals surface area contributed by atoms with Crippen LogP contribution in [0.4, 0.5) is 0 Å². The van der Waals surface area contributed by atoms with E-state index in [1.165, 1.54) is 37.8 Å². The largest absolute Gasteiger partial charge is 0.353 e. The van der Waals surface area contributed by atoms with Crippen molar-refractivity contribution in [3.63, 3.8) is 0 Å². The van der Waals surface area contributed by atoms with Gasteiger partial charge in [-0.05, 0) is 40.5 Å². The van der Waals surface area contributed by atoms with Crippen molar-refractivity contribution in [2.24, 2.45) is 0 Å². The summed E-state index contributed by atoms with van der Waals surface area (Å²) in [5.74, 6) is 0.532. The van der Waals surface area contributed by atoms with Crippen molar-refractivity contribution in [2.45, 2.75) is 77.0 Å². The Balaban J connectivity index is 2.08. The number of nitrogens with one attached hydrogen (secondary N) is 1. The Hall–Kier alpha value is -0.970. The zero-order chi connectivity index (χ0) is 15.4. The molecule has 118 valence electrons. The first-order valence-electron chi connectivity index (χ1n) is 7.96. The molecule has 0 radical (unpaired) electrons. The van der Waals surface area contributed by atoms with E-state index in [0.29, 0.717) is 11.8 Å². The summed E-state index contributed by atoms with van der Waals surface area (Å²) in [6, 6.07) is 0.760. The van der Waals surface area contributed by atoms with Crippen LogP contribution in [0.3, 0.4) is 0 Å². The summed E-state index contributed by atoms with van der Waals surface area (Å²) in [6.45, 7) is 8.18. The lowest BCUT2D eigenvalue weighted by Crippen LogP contribution is -2.31. The molecule has 0 saturated heterocycles. The zero-order valence-electron chi connectivity index (χ0n) is 13.6. The number of carbonyl (C=O) groups excluding carboxylic acids is 1. The highest BCUT2D eigenvalue weighted by atomic mass is 32.2. The molecule has 1 heterocycles. The van der Waals surface area contributed by atoms with E-state index < -0.39 is 0 Å². The number of aromatic nitrogens is 2. The van der Waals surface area contributed by atoms with Gasteiger partial charge >= 0.3 is 0 Å². The number of hydrogen-bond acceptors (Lipinski definition) is 3. The first-order valence-corrected chi connectivity index (χ1v) is 8.95. The fraction of sp³-hybridized carbons (Fsp3) is 0.750. The minimum absolute atomic E-state index is 0.0866. The van der Waals surface area contributed by atoms with Crippen LogP contribution in [0.25, 0.3) is 0 Å². The minimum Gasteiger partial charge on any atom is -0.353 e. The van der Waals surface area contributed by atoms with Crippen LogP contribution >= 0.6 is 11.8 Å². The molecule has 2 rings (SSSR count). The van der Waals surface area contributed by atoms with Crippen molar-refractivity contribution in [3.05, 3.63) is 11.4 Å². The van der Waals surface area contributed by atoms with E-state index in [1.54, 1.807) is 11.8 Å². The summed E-state index contributed by atoms with van der Waals surface area (Å²) >= 11 is 1.57. The van der Waals surface area contributed by atoms with E-state index in [1.807, 2.05) is 13.8 Å². The van der Waals surface area contributed by atoms with Gasteiger partial charge in [0.05, 0.1) is 11.4 Å². The van der Waals surface area contributed by atoms with Crippen molar-refractivity contribution >= 4 is 17.7 Å². The maximum atomic E-state index is 11.8. The third-order valence-electron chi connectivity index (χ3n) is 4.08. The molecule has 0 spiro atoms. The Labute approximate surface area is 132 Å². The number of carbonyl (C=O) groups is 1. The predicted molar refractivity (Wildman–Crippen MR) is 87.8 cm³/mol. The Morgan fingerprint density at radius 1 is 1.33 bits per heavy atom. The molecule has 4 nitrogen and oxygen atoms in total. The molecule has 0 bridgehead atoms. The molecule has 0 atom stereocenters. The SMILES string of the molecule is Cc1nc(SCC(=O)NC(C)C)n(C2CCCCC2)c1C. The Bertz CT molecular complexity index is 490. The second kappa shape index (κ2) is 7.34. The Morgan fingerprint density at radius 2 is 2.00 bits per heavy atom. The van der Waals surface area contributed by atoms with Gasteiger partial charge in [0.15, 0.2) is 5.16 Å². The fourth-order valence-corrected chi connectivity index (χ4v) is 3.93. The molecule has 1 aliphatic carbocycles. The van der Waals surface area contributed by atoms with Crippen LogP contribution in [-0.2, 0) is 4.79 Å². The van der Waals surface area contributed by atoms with E-state index in [2.05, 4.69) is 28.7 Å². The van der Waals surface area contributed by atoms with Crippen LogP contribution in [0, 0.1) is 13.8 Å². The standard InChI is InChI=1S/C16H27N3OS/c1-11(2)17-15(20)10-21-16-18-12(3)13(4)19(16)14-8-6-5-7-9-14/h11,14H,5-10H2,1-4H3,(H,17,20). The summed E-state index contributed by atoms with van der Waals surface area (Å²) in [4.78, 5) is 16.5. The van der Waals surface area contributed by atoms with Crippen molar-refractivity contribution < 1.29 is 4.79 Å². The fourth-order valence-electron chi connectivity index (χ4n) is 2.96. The van der Waals surface area contributed by atoms with E-state index in [4.69, 9.17) is 0 Å². The number of thioether (sulfide) groups is 1. The molecule has 1 fully saturated rings. The van der Waals surface area contributed by atoms with Gasteiger partial charge in [0, 0.05) is 17.8 Å². The molecule has 0 aliphatic heterocycles. The zero-order valence-corrected chi connectivity index (χ0v) is 14.4. The van der Waals surface area contributed by atoms with Crippen LogP contribution in [0.15, 0.2) is 5.16 Å². The molecule has 1 amide bonds. The van der Waals surface area contributed by atoms with E-state index in [0.717, 1.165) is 10.9 Å². The highest BCUT2D eigenvalue weighted by Crippen LogP contribution is 2.34. The van der Waals surface area contributed by atoms with Gasteiger partial charge in [0.2, 0.25) is 5.91 Å². The molecule has 0 unspecified atom stereocenters. The first-order chi connectivity index (χ1) is 9.99. The second-order valence-electron chi connectivity index (χ2n) is 6.24. The van der Waals surface area contributed by atoms with Crippen LogP contribution in [0.5, 0.6) is 0 Å². The van der Waals surface area contributed by atoms with Crippen molar-refractivity contribution in [1.82, 2.24) is 14.9 Å². The van der Waals surface area contributed by atoms with E-state index in [9.17, 15) is 4.79 Å². The summed E-state index contributed by atoms with van der Waals surface area (Å²) in [7, 11) is 0. The number of imidazole rings is 1. The molecule has 21 heavy (non-hydrogen) atoms. The molecule has 1 aromatic heterocycles. The lowest BCUT2D eigenvalue weighted by atomic mass is 9.95. The summed E-state index contributed by atoms with van der Waals surface area (Å²) < 4.78 is 2.38. The van der Waals surface area contributed by atoms with Crippen molar-refractivity contribution in [2.75, 3.05) is 5.75 Å². The summed E-state index contributed by atoms with van der Waals surface area (Å²) in [6.07, 6.45) is 6.44. The lowest BCUT2D eigenvalue weighted by Gasteiger charge is -2.26. The number of aryl methyl sites for hydroxylation is 1. The molecule has 1 aromatic rings. The van der Waals surface area contributed by atoms with E-state index in [-0.39, 0.29) is 11.9 Å². The summed E-state index contributed by atoms with van der Waals surface area (Å²) in [5, 5.41) is 3.95. The number of amides is 1. The monoisotopic (exact) mass is 309 g/mol. The first kappa shape index (κ1) is 16.4. The van der Waals surface area contributed by atoms with Gasteiger partial charge < -0.3 is 9.88 Å². The van der Waals surface area contributed by atoms with Gasteiger partial charge in [-0.3, -0.25) is 4.79 Å². The average Bonchev–Trinajstić information content (AvgIpc) is 2.72. The van der Waals surface area contributed by atoms with Gasteiger partial charge in [-0.15, -0.1) is 0 Å². The molecular weight excluding hydrogens is 282 g/mol.